The maximum atomic E-state index is 6.48. The molecule has 3 aliphatic rings. The third-order valence-corrected chi connectivity index (χ3v) is 33.2. The third kappa shape index (κ3) is 13.1. The molecule has 0 bridgehead atoms. The Balaban J connectivity index is 0.000000104. The van der Waals surface area contributed by atoms with Crippen molar-refractivity contribution in [2.75, 3.05) is 0 Å². The van der Waals surface area contributed by atoms with Crippen LogP contribution in [0, 0.1) is 0 Å². The molecule has 0 radical (unpaired) electrons. The molecule has 28 aromatic rings. The van der Waals surface area contributed by atoms with E-state index in [0.717, 1.165) is 49.6 Å². The summed E-state index contributed by atoms with van der Waals surface area (Å²) in [6.45, 7) is 14.2. The molecule has 0 saturated carbocycles. The summed E-state index contributed by atoms with van der Waals surface area (Å²) in [6.07, 6.45) is 0. The minimum absolute atomic E-state index is 0.0532. The van der Waals surface area contributed by atoms with E-state index in [1.54, 1.807) is 0 Å². The van der Waals surface area contributed by atoms with Gasteiger partial charge in [0.25, 0.3) is 0 Å². The van der Waals surface area contributed by atoms with Crippen LogP contribution in [0.2, 0.25) is 0 Å². The van der Waals surface area contributed by atoms with E-state index < -0.39 is 0 Å². The van der Waals surface area contributed by atoms with Crippen molar-refractivity contribution >= 4 is 152 Å². The largest absolute Gasteiger partial charge is 0.456 e. The fraction of sp³-hybridized carbons (Fsp3) is 0.0621. The zero-order chi connectivity index (χ0) is 97.8. The third-order valence-electron chi connectivity index (χ3n) is 33.2. The van der Waals surface area contributed by atoms with Crippen molar-refractivity contribution in [3.05, 3.63) is 519 Å². The average Bonchev–Trinajstić information content (AvgIpc) is 1.42. The molecule has 147 heavy (non-hydrogen) atoms. The second-order valence-electron chi connectivity index (χ2n) is 42.1. The van der Waals surface area contributed by atoms with E-state index in [9.17, 15) is 0 Å². The molecule has 2 heteroatoms. The first-order valence-electron chi connectivity index (χ1n) is 51.6. The standard InChI is InChI=1S/C51H34O.C49H32O.C45H32/c1-51(2)44-27-26-34(30-43(44)49-35-16-4-3-13-31(35)25-28-45(49)51)48-40-20-7-5-18-38(40)47(39-19-6-8-21-41(39)48)33-15-11-14-32(29-33)36-22-12-23-42-37-17-9-10-24-46(37)52-50(36)42;1-49(2)41-23-20-31(27-39(41)47-33-13-5-3-11-29(33)19-24-42(47)49)45-35-15-7-9-17-37(35)46(38-18-10-8-16-36(38)45)32-22-25-43-40(28-32)48-34-14-6-4-12-30(34)21-26-44(48)50-43;1-45(2)40-26-25-31(28-39(40)44-33-18-7-6-16-30(33)24-27-41(44)45)42-35-20-10-12-22-37(35)43(38-23-13-11-21-36(38)42)34-19-9-8-17-32(34)29-14-4-3-5-15-29/h3-30H,1-2H3;3-28H,1-2H3;3-28H,1-2H3. The summed E-state index contributed by atoms with van der Waals surface area (Å²) in [5, 5.41) is 30.1. The summed E-state index contributed by atoms with van der Waals surface area (Å²) in [5.41, 5.74) is 39.9. The topological polar surface area (TPSA) is 26.3 Å². The highest BCUT2D eigenvalue weighted by Crippen LogP contribution is 2.60. The van der Waals surface area contributed by atoms with Crippen LogP contribution in [-0.4, -0.2) is 0 Å². The molecule has 0 saturated heterocycles. The maximum absolute atomic E-state index is 6.48. The fourth-order valence-corrected chi connectivity index (χ4v) is 26.4. The van der Waals surface area contributed by atoms with E-state index in [0.29, 0.717) is 0 Å². The molecule has 0 unspecified atom stereocenters. The molecule has 0 fully saturated rings. The van der Waals surface area contributed by atoms with Gasteiger partial charge in [-0.15, -0.1) is 0 Å². The fourth-order valence-electron chi connectivity index (χ4n) is 26.4. The van der Waals surface area contributed by atoms with Crippen molar-refractivity contribution in [1.82, 2.24) is 0 Å². The molecule has 0 aliphatic heterocycles. The van der Waals surface area contributed by atoms with E-state index in [2.05, 4.69) is 521 Å². The van der Waals surface area contributed by atoms with Crippen molar-refractivity contribution in [2.45, 2.75) is 57.8 Å². The highest BCUT2D eigenvalue weighted by Gasteiger charge is 2.41. The van der Waals surface area contributed by atoms with Gasteiger partial charge in [-0.2, -0.15) is 0 Å². The molecule has 31 rings (SSSR count). The summed E-state index contributed by atoms with van der Waals surface area (Å²) < 4.78 is 12.9. The lowest BCUT2D eigenvalue weighted by Gasteiger charge is -2.22. The van der Waals surface area contributed by atoms with Gasteiger partial charge in [-0.25, -0.2) is 0 Å². The number of rotatable bonds is 8. The highest BCUT2D eigenvalue weighted by atomic mass is 16.3. The molecule has 3 aliphatic carbocycles. The molecule has 0 amide bonds. The van der Waals surface area contributed by atoms with E-state index in [4.69, 9.17) is 8.83 Å². The first-order valence-corrected chi connectivity index (χ1v) is 51.6. The van der Waals surface area contributed by atoms with E-state index in [-0.39, 0.29) is 16.2 Å². The first kappa shape index (κ1) is 85.7. The van der Waals surface area contributed by atoms with Crippen molar-refractivity contribution in [2.24, 2.45) is 0 Å². The molecule has 0 spiro atoms. The molecule has 690 valence electrons. The lowest BCUT2D eigenvalue weighted by Crippen LogP contribution is -2.14. The summed E-state index contributed by atoms with van der Waals surface area (Å²) in [5.74, 6) is 0. The van der Waals surface area contributed by atoms with E-state index in [1.165, 1.54) is 258 Å². The van der Waals surface area contributed by atoms with Gasteiger partial charge in [-0.1, -0.05) is 478 Å². The second-order valence-corrected chi connectivity index (χ2v) is 42.1. The summed E-state index contributed by atoms with van der Waals surface area (Å²) in [6, 6.07) is 179. The SMILES string of the molecule is CC1(C)c2ccc(-c3c4ccccc4c(-c4ccc5oc6ccc7ccccc7c6c5c4)c4ccccc34)cc2-c2c1ccc1ccccc21.CC1(C)c2ccc(-c3c4ccccc4c(-c4cccc(-c5cccc6c5oc5ccccc56)c4)c4ccccc34)cc2-c2c1ccc1ccccc21.CC1(C)c2ccc(-c3c4ccccc4c(-c4ccccc4-c4ccccc4)c4ccccc34)cc2-c2c1ccc1ccccc21. The monoisotopic (exact) mass is 1870 g/mol. The van der Waals surface area contributed by atoms with Crippen LogP contribution in [-0.2, 0) is 16.2 Å². The molecule has 2 aromatic heterocycles. The lowest BCUT2D eigenvalue weighted by atomic mass is 9.81. The molecule has 2 nitrogen and oxygen atoms in total. The summed E-state index contributed by atoms with van der Waals surface area (Å²) in [7, 11) is 0. The van der Waals surface area contributed by atoms with Gasteiger partial charge in [0.15, 0.2) is 0 Å². The Hall–Kier alpha value is -18.1. The number of benzene rings is 26. The zero-order valence-corrected chi connectivity index (χ0v) is 82.5. The predicted molar refractivity (Wildman–Crippen MR) is 625 cm³/mol. The number of para-hydroxylation sites is 2. The highest BCUT2D eigenvalue weighted by molar-refractivity contribution is 6.28. The van der Waals surface area contributed by atoms with Crippen molar-refractivity contribution in [1.29, 1.82) is 0 Å². The van der Waals surface area contributed by atoms with Crippen molar-refractivity contribution in [3.63, 3.8) is 0 Å². The number of fused-ring (bicyclic) bond motifs is 29. The van der Waals surface area contributed by atoms with Gasteiger partial charge in [-0.3, -0.25) is 0 Å². The molecular formula is C145H98O2. The number of furan rings is 2. The molecule has 2 heterocycles. The van der Waals surface area contributed by atoms with Crippen LogP contribution in [0.15, 0.2) is 494 Å². The summed E-state index contributed by atoms with van der Waals surface area (Å²) in [4.78, 5) is 0. The Kier molecular flexibility index (Phi) is 19.2. The Morgan fingerprint density at radius 3 is 0.844 bits per heavy atom. The van der Waals surface area contributed by atoms with Crippen LogP contribution >= 0.6 is 0 Å². The van der Waals surface area contributed by atoms with Gasteiger partial charge in [0.05, 0.1) is 0 Å². The molecule has 0 atom stereocenters. The molecule has 26 aromatic carbocycles. The van der Waals surface area contributed by atoms with Crippen molar-refractivity contribution < 1.29 is 8.83 Å². The Labute approximate surface area is 853 Å². The smallest absolute Gasteiger partial charge is 0.143 e. The number of hydrogen-bond donors (Lipinski definition) is 0. The maximum Gasteiger partial charge on any atom is 0.143 e. The average molecular weight is 1870 g/mol. The first-order chi connectivity index (χ1) is 72.2. The molecule has 0 N–H and O–H groups in total. The minimum atomic E-state index is -0.0705. The van der Waals surface area contributed by atoms with Gasteiger partial charge in [0.1, 0.15) is 22.3 Å². The van der Waals surface area contributed by atoms with Gasteiger partial charge >= 0.3 is 0 Å². The van der Waals surface area contributed by atoms with Crippen LogP contribution in [0.4, 0.5) is 0 Å². The quantitative estimate of drug-likeness (QED) is 0.142. The van der Waals surface area contributed by atoms with Gasteiger partial charge in [-0.05, 0) is 306 Å². The van der Waals surface area contributed by atoms with Crippen LogP contribution in [0.25, 0.3) is 274 Å². The number of hydrogen-bond acceptors (Lipinski definition) is 2. The Bertz CT molecular complexity index is 10300. The minimum Gasteiger partial charge on any atom is -0.456 e. The van der Waals surface area contributed by atoms with Crippen LogP contribution in [0.3, 0.4) is 0 Å². The van der Waals surface area contributed by atoms with Crippen LogP contribution in [0.5, 0.6) is 0 Å². The van der Waals surface area contributed by atoms with E-state index in [1.807, 2.05) is 6.07 Å². The van der Waals surface area contributed by atoms with Gasteiger partial charge < -0.3 is 8.83 Å². The van der Waals surface area contributed by atoms with Crippen LogP contribution < -0.4 is 0 Å². The molecular weight excluding hydrogens is 1770 g/mol. The normalized spacial score (nSPS) is 13.4. The van der Waals surface area contributed by atoms with Crippen LogP contribution in [0.1, 0.15) is 74.9 Å². The van der Waals surface area contributed by atoms with E-state index >= 15 is 0 Å². The lowest BCUT2D eigenvalue weighted by molar-refractivity contribution is 0.661. The second kappa shape index (κ2) is 33.0. The van der Waals surface area contributed by atoms with Crippen molar-refractivity contribution in [3.8, 4) is 122 Å². The predicted octanol–water partition coefficient (Wildman–Crippen LogP) is 40.6. The van der Waals surface area contributed by atoms with Gasteiger partial charge in [0.2, 0.25) is 0 Å². The Morgan fingerprint density at radius 2 is 0.415 bits per heavy atom. The van der Waals surface area contributed by atoms with Gasteiger partial charge in [0, 0.05) is 43.4 Å². The summed E-state index contributed by atoms with van der Waals surface area (Å²) >= 11 is 0. The zero-order valence-electron chi connectivity index (χ0n) is 82.5. The Morgan fingerprint density at radius 1 is 0.136 bits per heavy atom.